The Bertz CT molecular complexity index is 476. The van der Waals surface area contributed by atoms with Crippen LogP contribution < -0.4 is 0 Å². The van der Waals surface area contributed by atoms with Gasteiger partial charge >= 0.3 is 0 Å². The molecule has 14 heavy (non-hydrogen) atoms. The van der Waals surface area contributed by atoms with Crippen LogP contribution >= 0.6 is 11.3 Å². The van der Waals surface area contributed by atoms with Gasteiger partial charge in [0.1, 0.15) is 0 Å². The highest BCUT2D eigenvalue weighted by Crippen LogP contribution is 2.22. The molecule has 0 aliphatic rings. The second-order valence-electron chi connectivity index (χ2n) is 3.21. The van der Waals surface area contributed by atoms with Crippen molar-refractivity contribution in [1.29, 1.82) is 0 Å². The van der Waals surface area contributed by atoms with Crippen LogP contribution in [-0.4, -0.2) is 29.9 Å². The van der Waals surface area contributed by atoms with Gasteiger partial charge in [0.05, 0.1) is 21.3 Å². The van der Waals surface area contributed by atoms with Crippen LogP contribution in [0, 0.1) is 0 Å². The highest BCUT2D eigenvalue weighted by atomic mass is 32.1. The van der Waals surface area contributed by atoms with Crippen molar-refractivity contribution < 1.29 is 4.79 Å². The van der Waals surface area contributed by atoms with Crippen LogP contribution in [0.25, 0.3) is 10.2 Å². The Morgan fingerprint density at radius 2 is 2.21 bits per heavy atom. The van der Waals surface area contributed by atoms with E-state index in [-0.39, 0.29) is 5.91 Å². The molecule has 1 aromatic carbocycles. The minimum atomic E-state index is 0.0276. The van der Waals surface area contributed by atoms with Crippen LogP contribution in [0.3, 0.4) is 0 Å². The van der Waals surface area contributed by atoms with E-state index in [0.29, 0.717) is 0 Å². The summed E-state index contributed by atoms with van der Waals surface area (Å²) in [5.74, 6) is 0.0276. The van der Waals surface area contributed by atoms with Crippen LogP contribution in [0.2, 0.25) is 0 Å². The van der Waals surface area contributed by atoms with Gasteiger partial charge in [-0.25, -0.2) is 4.98 Å². The molecule has 0 bridgehead atoms. The van der Waals surface area contributed by atoms with Gasteiger partial charge in [-0.3, -0.25) is 4.79 Å². The summed E-state index contributed by atoms with van der Waals surface area (Å²) < 4.78 is 0.964. The van der Waals surface area contributed by atoms with Crippen molar-refractivity contribution in [3.05, 3.63) is 29.3 Å². The second-order valence-corrected chi connectivity index (χ2v) is 4.06. The van der Waals surface area contributed by atoms with Gasteiger partial charge in [-0.15, -0.1) is 11.3 Å². The maximum Gasteiger partial charge on any atom is 0.254 e. The highest BCUT2D eigenvalue weighted by molar-refractivity contribution is 7.17. The number of carbonyl (C=O) groups excluding carboxylic acids is 1. The molecule has 1 heterocycles. The fourth-order valence-corrected chi connectivity index (χ4v) is 2.09. The summed E-state index contributed by atoms with van der Waals surface area (Å²) in [5.41, 5.74) is 3.38. The predicted molar refractivity (Wildman–Crippen MR) is 57.6 cm³/mol. The summed E-state index contributed by atoms with van der Waals surface area (Å²) in [6, 6.07) is 5.61. The molecule has 0 fully saturated rings. The third-order valence-electron chi connectivity index (χ3n) is 1.99. The van der Waals surface area contributed by atoms with E-state index in [0.717, 1.165) is 15.8 Å². The minimum absolute atomic E-state index is 0.0276. The third-order valence-corrected chi connectivity index (χ3v) is 2.87. The fourth-order valence-electron chi connectivity index (χ4n) is 1.30. The number of benzene rings is 1. The van der Waals surface area contributed by atoms with Gasteiger partial charge in [-0.1, -0.05) is 6.07 Å². The largest absolute Gasteiger partial charge is 0.345 e. The second kappa shape index (κ2) is 3.38. The van der Waals surface area contributed by atoms with Gasteiger partial charge in [0.2, 0.25) is 0 Å². The Labute approximate surface area is 86.0 Å². The Morgan fingerprint density at radius 3 is 2.93 bits per heavy atom. The normalized spacial score (nSPS) is 10.4. The molecule has 0 aliphatic carbocycles. The molecule has 2 aromatic rings. The van der Waals surface area contributed by atoms with Gasteiger partial charge in [0.25, 0.3) is 5.91 Å². The third kappa shape index (κ3) is 1.37. The first-order chi connectivity index (χ1) is 6.70. The lowest BCUT2D eigenvalue weighted by atomic mass is 10.2. The average Bonchev–Trinajstić information content (AvgIpc) is 2.63. The molecule has 1 aromatic heterocycles. The number of rotatable bonds is 1. The Kier molecular flexibility index (Phi) is 2.21. The summed E-state index contributed by atoms with van der Waals surface area (Å²) in [5, 5.41) is 0. The molecule has 1 amide bonds. The van der Waals surface area contributed by atoms with Crippen molar-refractivity contribution in [2.45, 2.75) is 0 Å². The van der Waals surface area contributed by atoms with Crippen LogP contribution in [0.5, 0.6) is 0 Å². The molecule has 3 nitrogen and oxygen atoms in total. The van der Waals surface area contributed by atoms with Gasteiger partial charge in [-0.05, 0) is 12.1 Å². The fraction of sp³-hybridized carbons (Fsp3) is 0.200. The number of amides is 1. The van der Waals surface area contributed by atoms with E-state index in [4.69, 9.17) is 0 Å². The molecule has 0 saturated carbocycles. The molecule has 0 aliphatic heterocycles. The lowest BCUT2D eigenvalue weighted by molar-refractivity contribution is 0.0829. The molecule has 72 valence electrons. The lowest BCUT2D eigenvalue weighted by Gasteiger charge is -2.10. The molecule has 0 radical (unpaired) electrons. The number of nitrogens with zero attached hydrogens (tertiary/aromatic N) is 2. The Morgan fingerprint density at radius 1 is 1.43 bits per heavy atom. The quantitative estimate of drug-likeness (QED) is 0.715. The molecule has 0 spiro atoms. The average molecular weight is 206 g/mol. The van der Waals surface area contributed by atoms with Crippen LogP contribution in [0.4, 0.5) is 0 Å². The minimum Gasteiger partial charge on any atom is -0.345 e. The summed E-state index contributed by atoms with van der Waals surface area (Å²) >= 11 is 1.50. The Balaban J connectivity index is 2.62. The van der Waals surface area contributed by atoms with Crippen LogP contribution in [0.1, 0.15) is 10.4 Å². The van der Waals surface area contributed by atoms with E-state index < -0.39 is 0 Å². The van der Waals surface area contributed by atoms with Crippen LogP contribution in [0.15, 0.2) is 23.7 Å². The van der Waals surface area contributed by atoms with Crippen molar-refractivity contribution in [1.82, 2.24) is 9.88 Å². The van der Waals surface area contributed by atoms with Crippen molar-refractivity contribution in [3.63, 3.8) is 0 Å². The molecule has 2 rings (SSSR count). The number of carbonyl (C=O) groups is 1. The predicted octanol–water partition coefficient (Wildman–Crippen LogP) is 2.00. The number of hydrogen-bond acceptors (Lipinski definition) is 3. The van der Waals surface area contributed by atoms with Crippen molar-refractivity contribution in [3.8, 4) is 0 Å². The van der Waals surface area contributed by atoms with E-state index >= 15 is 0 Å². The lowest BCUT2D eigenvalue weighted by Crippen LogP contribution is -2.21. The van der Waals surface area contributed by atoms with Gasteiger partial charge in [-0.2, -0.15) is 0 Å². The van der Waals surface area contributed by atoms with Crippen LogP contribution in [-0.2, 0) is 0 Å². The summed E-state index contributed by atoms with van der Waals surface area (Å²) in [6.07, 6.45) is 0. The summed E-state index contributed by atoms with van der Waals surface area (Å²) in [4.78, 5) is 17.5. The van der Waals surface area contributed by atoms with E-state index in [2.05, 4.69) is 4.98 Å². The first-order valence-electron chi connectivity index (χ1n) is 4.24. The topological polar surface area (TPSA) is 33.2 Å². The Hall–Kier alpha value is -1.42. The number of aromatic nitrogens is 1. The molecule has 0 atom stereocenters. The van der Waals surface area contributed by atoms with Gasteiger partial charge in [0.15, 0.2) is 0 Å². The maximum absolute atomic E-state index is 11.8. The van der Waals surface area contributed by atoms with Gasteiger partial charge in [0, 0.05) is 14.1 Å². The van der Waals surface area contributed by atoms with Crippen molar-refractivity contribution in [2.24, 2.45) is 0 Å². The zero-order valence-corrected chi connectivity index (χ0v) is 8.84. The van der Waals surface area contributed by atoms with Crippen molar-refractivity contribution >= 4 is 27.5 Å². The smallest absolute Gasteiger partial charge is 0.254 e. The van der Waals surface area contributed by atoms with E-state index in [9.17, 15) is 4.79 Å². The molecule has 4 heteroatoms. The zero-order valence-electron chi connectivity index (χ0n) is 8.02. The molecular weight excluding hydrogens is 196 g/mol. The maximum atomic E-state index is 11.8. The van der Waals surface area contributed by atoms with Crippen molar-refractivity contribution in [2.75, 3.05) is 14.1 Å². The molecule has 0 saturated heterocycles. The molecular formula is C10H10N2OS. The zero-order chi connectivity index (χ0) is 10.1. The summed E-state index contributed by atoms with van der Waals surface area (Å²) in [6.45, 7) is 0. The van der Waals surface area contributed by atoms with E-state index in [1.807, 2.05) is 18.2 Å². The molecule has 0 N–H and O–H groups in total. The highest BCUT2D eigenvalue weighted by Gasteiger charge is 2.12. The first-order valence-corrected chi connectivity index (χ1v) is 5.12. The van der Waals surface area contributed by atoms with E-state index in [1.54, 1.807) is 24.5 Å². The standard InChI is InChI=1S/C10H10N2OS/c1-12(2)10(13)7-4-3-5-8-9(7)14-6-11-8/h3-6H,1-2H3. The number of fused-ring (bicyclic) bond motifs is 1. The van der Waals surface area contributed by atoms with E-state index in [1.165, 1.54) is 11.3 Å². The summed E-state index contributed by atoms with van der Waals surface area (Å²) in [7, 11) is 3.50. The number of thiazole rings is 1. The first kappa shape index (κ1) is 9.15. The number of hydrogen-bond donors (Lipinski definition) is 0. The SMILES string of the molecule is CN(C)C(=O)c1cccc2ncsc12. The van der Waals surface area contributed by atoms with Gasteiger partial charge < -0.3 is 4.90 Å². The molecule has 0 unspecified atom stereocenters. The monoisotopic (exact) mass is 206 g/mol.